The van der Waals surface area contributed by atoms with Crippen LogP contribution in [0.1, 0.15) is 19.8 Å². The van der Waals surface area contributed by atoms with Crippen LogP contribution in [0.4, 0.5) is 0 Å². The molecule has 0 aliphatic carbocycles. The summed E-state index contributed by atoms with van der Waals surface area (Å²) in [5.74, 6) is 0. The van der Waals surface area contributed by atoms with E-state index in [1.54, 1.807) is 7.11 Å². The highest BCUT2D eigenvalue weighted by Gasteiger charge is 2.20. The Balaban J connectivity index is 1.88. The van der Waals surface area contributed by atoms with E-state index in [9.17, 15) is 0 Å². The van der Waals surface area contributed by atoms with Crippen LogP contribution in [0.15, 0.2) is 0 Å². The lowest BCUT2D eigenvalue weighted by Crippen LogP contribution is -2.28. The highest BCUT2D eigenvalue weighted by molar-refractivity contribution is 4.70. The topological polar surface area (TPSA) is 39.7 Å². The van der Waals surface area contributed by atoms with Gasteiger partial charge in [-0.1, -0.05) is 0 Å². The summed E-state index contributed by atoms with van der Waals surface area (Å²) in [4.78, 5) is 5.12. The lowest BCUT2D eigenvalue weighted by Gasteiger charge is -2.11. The van der Waals surface area contributed by atoms with Crippen LogP contribution < -0.4 is 5.48 Å². The molecule has 1 fully saturated rings. The fraction of sp³-hybridized carbons (Fsp3) is 1.00. The van der Waals surface area contributed by atoms with Gasteiger partial charge in [-0.2, -0.15) is 5.48 Å². The molecule has 1 aliphatic heterocycles. The van der Waals surface area contributed by atoms with Crippen LogP contribution in [-0.2, 0) is 14.3 Å². The predicted molar refractivity (Wildman–Crippen MR) is 49.4 cm³/mol. The van der Waals surface area contributed by atoms with E-state index in [0.717, 1.165) is 19.4 Å². The normalized spacial score (nSPS) is 28.2. The maximum atomic E-state index is 5.59. The number of hydrogen-bond donors (Lipinski definition) is 1. The zero-order valence-electron chi connectivity index (χ0n) is 8.41. The van der Waals surface area contributed by atoms with Crippen molar-refractivity contribution in [3.63, 3.8) is 0 Å². The zero-order valence-corrected chi connectivity index (χ0v) is 8.41. The monoisotopic (exact) mass is 189 g/mol. The summed E-state index contributed by atoms with van der Waals surface area (Å²) in [6, 6.07) is 0. The highest BCUT2D eigenvalue weighted by Crippen LogP contribution is 2.17. The van der Waals surface area contributed by atoms with Crippen LogP contribution in [0.5, 0.6) is 0 Å². The van der Waals surface area contributed by atoms with Crippen molar-refractivity contribution in [2.45, 2.75) is 32.0 Å². The summed E-state index contributed by atoms with van der Waals surface area (Å²) in [6.45, 7) is 4.08. The minimum absolute atomic E-state index is 0.317. The third-order valence-electron chi connectivity index (χ3n) is 2.12. The van der Waals surface area contributed by atoms with Crippen molar-refractivity contribution in [1.29, 1.82) is 0 Å². The first kappa shape index (κ1) is 10.9. The van der Waals surface area contributed by atoms with Crippen molar-refractivity contribution in [2.75, 3.05) is 26.9 Å². The van der Waals surface area contributed by atoms with Gasteiger partial charge in [0.15, 0.2) is 0 Å². The molecule has 4 heteroatoms. The molecular formula is C9H19NO3. The second-order valence-electron chi connectivity index (χ2n) is 3.34. The first-order valence-corrected chi connectivity index (χ1v) is 4.82. The fourth-order valence-electron chi connectivity index (χ4n) is 1.38. The standard InChI is InChI=1S/C9H19NO3/c1-8-3-4-9(13-8)7-10-12-6-5-11-2/h8-10H,3-7H2,1-2H3. The molecular weight excluding hydrogens is 170 g/mol. The first-order valence-electron chi connectivity index (χ1n) is 4.82. The summed E-state index contributed by atoms with van der Waals surface area (Å²) in [7, 11) is 1.66. The summed E-state index contributed by atoms with van der Waals surface area (Å²) >= 11 is 0. The van der Waals surface area contributed by atoms with Gasteiger partial charge in [0.25, 0.3) is 0 Å². The molecule has 1 saturated heterocycles. The molecule has 0 aromatic carbocycles. The van der Waals surface area contributed by atoms with E-state index >= 15 is 0 Å². The Hall–Kier alpha value is -0.160. The molecule has 0 radical (unpaired) electrons. The molecule has 1 rings (SSSR count). The summed E-state index contributed by atoms with van der Waals surface area (Å²) in [5.41, 5.74) is 2.88. The fourth-order valence-corrected chi connectivity index (χ4v) is 1.38. The molecule has 78 valence electrons. The van der Waals surface area contributed by atoms with Crippen LogP contribution in [0.25, 0.3) is 0 Å². The van der Waals surface area contributed by atoms with E-state index in [4.69, 9.17) is 14.3 Å². The van der Waals surface area contributed by atoms with E-state index in [1.807, 2.05) is 0 Å². The van der Waals surface area contributed by atoms with Crippen LogP contribution in [-0.4, -0.2) is 39.1 Å². The zero-order chi connectivity index (χ0) is 9.52. The average Bonchev–Trinajstić information content (AvgIpc) is 2.51. The molecule has 0 aromatic heterocycles. The summed E-state index contributed by atoms with van der Waals surface area (Å²) < 4.78 is 10.4. The number of hydrogen-bond acceptors (Lipinski definition) is 4. The Kier molecular flexibility index (Phi) is 5.31. The number of rotatable bonds is 6. The van der Waals surface area contributed by atoms with E-state index in [1.165, 1.54) is 0 Å². The smallest absolute Gasteiger partial charge is 0.0915 e. The molecule has 1 heterocycles. The second-order valence-corrected chi connectivity index (χ2v) is 3.34. The van der Waals surface area contributed by atoms with E-state index in [0.29, 0.717) is 25.4 Å². The largest absolute Gasteiger partial charge is 0.382 e. The average molecular weight is 189 g/mol. The van der Waals surface area contributed by atoms with Gasteiger partial charge in [0.05, 0.1) is 25.4 Å². The Morgan fingerprint density at radius 2 is 2.23 bits per heavy atom. The molecule has 0 spiro atoms. The third kappa shape index (κ3) is 4.57. The van der Waals surface area contributed by atoms with Gasteiger partial charge in [0.1, 0.15) is 0 Å². The number of ether oxygens (including phenoxy) is 2. The molecule has 4 nitrogen and oxygen atoms in total. The molecule has 13 heavy (non-hydrogen) atoms. The first-order chi connectivity index (χ1) is 6.33. The molecule has 1 aliphatic rings. The molecule has 0 amide bonds. The van der Waals surface area contributed by atoms with Crippen molar-refractivity contribution in [2.24, 2.45) is 0 Å². The van der Waals surface area contributed by atoms with E-state index < -0.39 is 0 Å². The Bertz CT molecular complexity index is 132. The molecule has 1 N–H and O–H groups in total. The Morgan fingerprint density at radius 3 is 2.85 bits per heavy atom. The number of nitrogens with one attached hydrogen (secondary N) is 1. The van der Waals surface area contributed by atoms with Crippen molar-refractivity contribution in [1.82, 2.24) is 5.48 Å². The molecule has 2 atom stereocenters. The predicted octanol–water partition coefficient (Wildman–Crippen LogP) is 0.721. The maximum absolute atomic E-state index is 5.59. The van der Waals surface area contributed by atoms with Crippen LogP contribution in [0.2, 0.25) is 0 Å². The SMILES string of the molecule is COCCONCC1CCC(C)O1. The lowest BCUT2D eigenvalue weighted by molar-refractivity contribution is -0.0244. The van der Waals surface area contributed by atoms with Crippen LogP contribution in [0, 0.1) is 0 Å². The van der Waals surface area contributed by atoms with E-state index in [-0.39, 0.29) is 0 Å². The quantitative estimate of drug-likeness (QED) is 0.494. The van der Waals surface area contributed by atoms with Gasteiger partial charge in [-0.3, -0.25) is 4.84 Å². The third-order valence-corrected chi connectivity index (χ3v) is 2.12. The van der Waals surface area contributed by atoms with E-state index in [2.05, 4.69) is 12.4 Å². The Morgan fingerprint density at radius 1 is 1.38 bits per heavy atom. The van der Waals surface area contributed by atoms with Gasteiger partial charge in [0, 0.05) is 13.7 Å². The van der Waals surface area contributed by atoms with Gasteiger partial charge in [-0.25, -0.2) is 0 Å². The van der Waals surface area contributed by atoms with Crippen molar-refractivity contribution in [3.8, 4) is 0 Å². The highest BCUT2D eigenvalue weighted by atomic mass is 16.7. The molecule has 0 saturated carbocycles. The van der Waals surface area contributed by atoms with Crippen LogP contribution >= 0.6 is 0 Å². The van der Waals surface area contributed by atoms with Gasteiger partial charge in [-0.15, -0.1) is 0 Å². The lowest BCUT2D eigenvalue weighted by atomic mass is 10.2. The van der Waals surface area contributed by atoms with Crippen molar-refractivity contribution in [3.05, 3.63) is 0 Å². The minimum Gasteiger partial charge on any atom is -0.382 e. The van der Waals surface area contributed by atoms with Crippen LogP contribution in [0.3, 0.4) is 0 Å². The van der Waals surface area contributed by atoms with Gasteiger partial charge in [0.2, 0.25) is 0 Å². The van der Waals surface area contributed by atoms with Gasteiger partial charge < -0.3 is 9.47 Å². The van der Waals surface area contributed by atoms with Crippen molar-refractivity contribution < 1.29 is 14.3 Å². The van der Waals surface area contributed by atoms with Crippen molar-refractivity contribution >= 4 is 0 Å². The second kappa shape index (κ2) is 6.32. The molecule has 0 aromatic rings. The maximum Gasteiger partial charge on any atom is 0.0915 e. The minimum atomic E-state index is 0.317. The van der Waals surface area contributed by atoms with Gasteiger partial charge in [-0.05, 0) is 19.8 Å². The summed E-state index contributed by atoms with van der Waals surface area (Å²) in [6.07, 6.45) is 3.01. The number of methoxy groups -OCH3 is 1. The van der Waals surface area contributed by atoms with Gasteiger partial charge >= 0.3 is 0 Å². The Labute approximate surface area is 79.5 Å². The molecule has 0 bridgehead atoms. The molecule has 2 unspecified atom stereocenters. The number of hydroxylamine groups is 1. The summed E-state index contributed by atoms with van der Waals surface area (Å²) in [5, 5.41) is 0.